The van der Waals surface area contributed by atoms with Gasteiger partial charge in [0.25, 0.3) is 0 Å². The highest BCUT2D eigenvalue weighted by Gasteiger charge is 2.64. The third-order valence-corrected chi connectivity index (χ3v) is 7.29. The van der Waals surface area contributed by atoms with Crippen LogP contribution in [0.4, 0.5) is 13.6 Å². The molecule has 2 amide bonds. The molecule has 0 spiro atoms. The first-order chi connectivity index (χ1) is 14.3. The summed E-state index contributed by atoms with van der Waals surface area (Å²) in [5, 5.41) is 11.6. The minimum absolute atomic E-state index is 0.0833. The number of rotatable bonds is 5. The van der Waals surface area contributed by atoms with E-state index in [1.54, 1.807) is 6.07 Å². The highest BCUT2D eigenvalue weighted by atomic mass is 19.1. The van der Waals surface area contributed by atoms with Gasteiger partial charge in [0.15, 0.2) is 0 Å². The normalized spacial score (nSPS) is 23.3. The van der Waals surface area contributed by atoms with Crippen LogP contribution in [0.15, 0.2) is 24.3 Å². The standard InChI is InChI=1S/C23H28F2N4O/c1-5-26-21(30)29(6-2)13-23-11-10-15(22(23,3)4)14-12-18(27-28-20(14)23)19-16(24)8-7-9-17(19)25/h7-9,12,15H,5-6,10-11,13H2,1-4H3,(H,26,30)/t15-,23-/m0/s1. The first kappa shape index (κ1) is 20.7. The number of amides is 2. The number of carbonyl (C=O) groups is 1. The lowest BCUT2D eigenvalue weighted by molar-refractivity contribution is 0.136. The predicted octanol–water partition coefficient (Wildman–Crippen LogP) is 4.63. The van der Waals surface area contributed by atoms with Crippen molar-refractivity contribution in [2.45, 2.75) is 51.9 Å². The lowest BCUT2D eigenvalue weighted by Gasteiger charge is -2.41. The minimum atomic E-state index is -0.644. The number of benzene rings is 1. The second kappa shape index (κ2) is 7.29. The minimum Gasteiger partial charge on any atom is -0.338 e. The van der Waals surface area contributed by atoms with Crippen LogP contribution in [0, 0.1) is 17.0 Å². The first-order valence-corrected chi connectivity index (χ1v) is 10.6. The molecule has 1 fully saturated rings. The number of fused-ring (bicyclic) bond motifs is 5. The molecule has 5 nitrogen and oxygen atoms in total. The van der Waals surface area contributed by atoms with Crippen molar-refractivity contribution in [3.05, 3.63) is 47.2 Å². The molecule has 0 unspecified atom stereocenters. The van der Waals surface area contributed by atoms with Crippen LogP contribution in [0.5, 0.6) is 0 Å². The van der Waals surface area contributed by atoms with E-state index in [4.69, 9.17) is 0 Å². The molecule has 1 aromatic carbocycles. The SMILES string of the molecule is CCNC(=O)N(CC)C[C@@]12CC[C@@H](c3cc(-c4c(F)cccc4F)nnc31)C2(C)C. The van der Waals surface area contributed by atoms with Crippen LogP contribution >= 0.6 is 0 Å². The van der Waals surface area contributed by atoms with Gasteiger partial charge in [-0.1, -0.05) is 19.9 Å². The van der Waals surface area contributed by atoms with Crippen LogP contribution in [-0.2, 0) is 5.41 Å². The van der Waals surface area contributed by atoms with Crippen LogP contribution < -0.4 is 5.32 Å². The summed E-state index contributed by atoms with van der Waals surface area (Å²) in [5.41, 5.74) is 1.49. The predicted molar refractivity (Wildman–Crippen MR) is 111 cm³/mol. The van der Waals surface area contributed by atoms with Gasteiger partial charge in [-0.2, -0.15) is 10.2 Å². The number of aromatic nitrogens is 2. The molecule has 0 aliphatic heterocycles. The van der Waals surface area contributed by atoms with Gasteiger partial charge in [0, 0.05) is 25.0 Å². The Morgan fingerprint density at radius 1 is 1.23 bits per heavy atom. The van der Waals surface area contributed by atoms with E-state index < -0.39 is 11.6 Å². The number of hydrogen-bond acceptors (Lipinski definition) is 3. The molecule has 2 aliphatic rings. The molecule has 2 atom stereocenters. The maximum Gasteiger partial charge on any atom is 0.317 e. The van der Waals surface area contributed by atoms with Gasteiger partial charge in [-0.3, -0.25) is 0 Å². The molecule has 2 aliphatic carbocycles. The van der Waals surface area contributed by atoms with Crippen molar-refractivity contribution >= 4 is 6.03 Å². The summed E-state index contributed by atoms with van der Waals surface area (Å²) >= 11 is 0. The van der Waals surface area contributed by atoms with E-state index in [0.29, 0.717) is 19.6 Å². The molecule has 160 valence electrons. The van der Waals surface area contributed by atoms with Crippen LogP contribution in [0.1, 0.15) is 57.7 Å². The summed E-state index contributed by atoms with van der Waals surface area (Å²) in [6.07, 6.45) is 1.87. The summed E-state index contributed by atoms with van der Waals surface area (Å²) in [4.78, 5) is 14.4. The van der Waals surface area contributed by atoms with E-state index in [9.17, 15) is 13.6 Å². The summed E-state index contributed by atoms with van der Waals surface area (Å²) in [6, 6.07) is 5.53. The molecule has 4 rings (SSSR count). The fourth-order valence-electron chi connectivity index (χ4n) is 5.56. The number of likely N-dealkylation sites (N-methyl/N-ethyl adjacent to an activating group) is 1. The average Bonchev–Trinajstić information content (AvgIpc) is 3.06. The molecule has 0 saturated heterocycles. The van der Waals surface area contributed by atoms with E-state index >= 15 is 0 Å². The smallest absolute Gasteiger partial charge is 0.317 e. The average molecular weight is 415 g/mol. The number of nitrogens with one attached hydrogen (secondary N) is 1. The van der Waals surface area contributed by atoms with Crippen molar-refractivity contribution in [3.63, 3.8) is 0 Å². The maximum absolute atomic E-state index is 14.3. The lowest BCUT2D eigenvalue weighted by atomic mass is 9.68. The topological polar surface area (TPSA) is 58.1 Å². The number of halogens is 2. The zero-order chi connectivity index (χ0) is 21.7. The molecule has 1 heterocycles. The van der Waals surface area contributed by atoms with Crippen molar-refractivity contribution in [2.75, 3.05) is 19.6 Å². The molecule has 30 heavy (non-hydrogen) atoms. The number of carbonyl (C=O) groups excluding carboxylic acids is 1. The summed E-state index contributed by atoms with van der Waals surface area (Å²) in [6.45, 7) is 10.0. The van der Waals surface area contributed by atoms with Gasteiger partial charge in [0.1, 0.15) is 11.6 Å². The fraction of sp³-hybridized carbons (Fsp3) is 0.522. The Hall–Kier alpha value is -2.57. The second-order valence-electron chi connectivity index (χ2n) is 8.87. The van der Waals surface area contributed by atoms with Gasteiger partial charge in [-0.25, -0.2) is 13.6 Å². The number of hydrogen-bond donors (Lipinski definition) is 1. The van der Waals surface area contributed by atoms with Gasteiger partial charge in [-0.15, -0.1) is 0 Å². The molecule has 1 N–H and O–H groups in total. The fourth-order valence-corrected chi connectivity index (χ4v) is 5.56. The Kier molecular flexibility index (Phi) is 5.03. The largest absolute Gasteiger partial charge is 0.338 e. The molecule has 2 aromatic rings. The highest BCUT2D eigenvalue weighted by Crippen LogP contribution is 2.67. The molecule has 1 aromatic heterocycles. The lowest BCUT2D eigenvalue weighted by Crippen LogP contribution is -2.51. The van der Waals surface area contributed by atoms with Crippen molar-refractivity contribution in [1.82, 2.24) is 20.4 Å². The van der Waals surface area contributed by atoms with Gasteiger partial charge >= 0.3 is 6.03 Å². The first-order valence-electron chi connectivity index (χ1n) is 10.6. The highest BCUT2D eigenvalue weighted by molar-refractivity contribution is 5.74. The van der Waals surface area contributed by atoms with Crippen molar-refractivity contribution in [2.24, 2.45) is 5.41 Å². The van der Waals surface area contributed by atoms with E-state index in [0.717, 1.165) is 24.1 Å². The maximum atomic E-state index is 14.3. The van der Waals surface area contributed by atoms with Crippen LogP contribution in [-0.4, -0.2) is 40.8 Å². The van der Waals surface area contributed by atoms with Crippen LogP contribution in [0.3, 0.4) is 0 Å². The Bertz CT molecular complexity index is 973. The Morgan fingerprint density at radius 3 is 2.57 bits per heavy atom. The molecule has 7 heteroatoms. The third-order valence-electron chi connectivity index (χ3n) is 7.29. The Labute approximate surface area is 175 Å². The summed E-state index contributed by atoms with van der Waals surface area (Å²) in [5.74, 6) is -1.07. The van der Waals surface area contributed by atoms with Crippen molar-refractivity contribution in [3.8, 4) is 11.3 Å². The van der Waals surface area contributed by atoms with Gasteiger partial charge in [0.05, 0.1) is 17.0 Å². The quantitative estimate of drug-likeness (QED) is 0.776. The third kappa shape index (κ3) is 2.81. The van der Waals surface area contributed by atoms with Gasteiger partial charge in [0.2, 0.25) is 0 Å². The molecule has 0 radical (unpaired) electrons. The monoisotopic (exact) mass is 414 g/mol. The zero-order valence-electron chi connectivity index (χ0n) is 17.9. The number of nitrogens with zero attached hydrogens (tertiary/aromatic N) is 3. The van der Waals surface area contributed by atoms with Gasteiger partial charge in [-0.05, 0) is 61.8 Å². The molecular formula is C23H28F2N4O. The van der Waals surface area contributed by atoms with E-state index in [2.05, 4.69) is 29.4 Å². The van der Waals surface area contributed by atoms with E-state index in [-0.39, 0.29) is 34.0 Å². The zero-order valence-corrected chi connectivity index (χ0v) is 17.9. The van der Waals surface area contributed by atoms with Crippen molar-refractivity contribution in [1.29, 1.82) is 0 Å². The molecule has 1 saturated carbocycles. The number of urea groups is 1. The second-order valence-corrected chi connectivity index (χ2v) is 8.87. The Morgan fingerprint density at radius 2 is 1.93 bits per heavy atom. The van der Waals surface area contributed by atoms with E-state index in [1.165, 1.54) is 18.2 Å². The van der Waals surface area contributed by atoms with E-state index in [1.807, 2.05) is 18.7 Å². The molecule has 2 bridgehead atoms. The molecular weight excluding hydrogens is 386 g/mol. The summed E-state index contributed by atoms with van der Waals surface area (Å²) in [7, 11) is 0. The van der Waals surface area contributed by atoms with Crippen LogP contribution in [0.2, 0.25) is 0 Å². The Balaban J connectivity index is 1.78. The van der Waals surface area contributed by atoms with Crippen molar-refractivity contribution < 1.29 is 13.6 Å². The van der Waals surface area contributed by atoms with Gasteiger partial charge < -0.3 is 10.2 Å². The van der Waals surface area contributed by atoms with Crippen LogP contribution in [0.25, 0.3) is 11.3 Å². The summed E-state index contributed by atoms with van der Waals surface area (Å²) < 4.78 is 28.6.